The van der Waals surface area contributed by atoms with Crippen molar-refractivity contribution in [1.82, 2.24) is 15.5 Å². The number of H-pyrrole nitrogens is 1. The van der Waals surface area contributed by atoms with E-state index in [4.69, 9.17) is 0 Å². The summed E-state index contributed by atoms with van der Waals surface area (Å²) in [6.07, 6.45) is 1.52. The molecule has 0 aliphatic heterocycles. The SMILES string of the molecule is O=C(CNC(=O)c1cccc(Br)c1)Nc1ccn[nH]1. The Hall–Kier alpha value is -2.15. The summed E-state index contributed by atoms with van der Waals surface area (Å²) in [7, 11) is 0. The lowest BCUT2D eigenvalue weighted by atomic mass is 10.2. The molecular formula is C12H11BrN4O2. The number of aromatic nitrogens is 2. The molecule has 0 saturated carbocycles. The fourth-order valence-corrected chi connectivity index (χ4v) is 1.81. The monoisotopic (exact) mass is 322 g/mol. The molecule has 0 atom stereocenters. The molecule has 1 heterocycles. The van der Waals surface area contributed by atoms with Crippen molar-refractivity contribution in [3.05, 3.63) is 46.6 Å². The van der Waals surface area contributed by atoms with Gasteiger partial charge in [0.15, 0.2) is 0 Å². The number of hydrogen-bond donors (Lipinski definition) is 3. The van der Waals surface area contributed by atoms with Crippen molar-refractivity contribution in [2.45, 2.75) is 0 Å². The summed E-state index contributed by atoms with van der Waals surface area (Å²) in [5, 5.41) is 11.4. The molecule has 0 bridgehead atoms. The van der Waals surface area contributed by atoms with Gasteiger partial charge in [0.05, 0.1) is 12.7 Å². The number of anilines is 1. The Morgan fingerprint density at radius 1 is 1.32 bits per heavy atom. The second kappa shape index (κ2) is 6.14. The number of nitrogens with one attached hydrogen (secondary N) is 3. The largest absolute Gasteiger partial charge is 0.343 e. The van der Waals surface area contributed by atoms with Crippen LogP contribution < -0.4 is 10.6 Å². The number of carbonyl (C=O) groups excluding carboxylic acids is 2. The summed E-state index contributed by atoms with van der Waals surface area (Å²) < 4.78 is 0.807. The standard InChI is InChI=1S/C12H11BrN4O2/c13-9-3-1-2-8(6-9)12(19)14-7-11(18)16-10-4-5-15-17-10/h1-6H,7H2,(H,14,19)(H2,15,16,17,18). The van der Waals surface area contributed by atoms with E-state index >= 15 is 0 Å². The van der Waals surface area contributed by atoms with Crippen molar-refractivity contribution in [3.8, 4) is 0 Å². The van der Waals surface area contributed by atoms with Gasteiger partial charge in [-0.05, 0) is 18.2 Å². The van der Waals surface area contributed by atoms with Crippen molar-refractivity contribution in [1.29, 1.82) is 0 Å². The minimum absolute atomic E-state index is 0.107. The minimum Gasteiger partial charge on any atom is -0.343 e. The quantitative estimate of drug-likeness (QED) is 0.798. The Morgan fingerprint density at radius 3 is 2.84 bits per heavy atom. The number of amides is 2. The van der Waals surface area contributed by atoms with Gasteiger partial charge in [0.25, 0.3) is 5.91 Å². The highest BCUT2D eigenvalue weighted by Gasteiger charge is 2.08. The van der Waals surface area contributed by atoms with E-state index in [0.717, 1.165) is 4.47 Å². The highest BCUT2D eigenvalue weighted by atomic mass is 79.9. The molecule has 19 heavy (non-hydrogen) atoms. The smallest absolute Gasteiger partial charge is 0.251 e. The van der Waals surface area contributed by atoms with Crippen molar-refractivity contribution in [2.24, 2.45) is 0 Å². The molecule has 0 unspecified atom stereocenters. The van der Waals surface area contributed by atoms with Crippen LogP contribution in [0.3, 0.4) is 0 Å². The van der Waals surface area contributed by atoms with Crippen LogP contribution in [0.4, 0.5) is 5.82 Å². The second-order valence-electron chi connectivity index (χ2n) is 3.71. The van der Waals surface area contributed by atoms with Gasteiger partial charge in [0.1, 0.15) is 5.82 Å². The molecule has 2 rings (SSSR count). The van der Waals surface area contributed by atoms with Gasteiger partial charge < -0.3 is 10.6 Å². The third-order valence-corrected chi connectivity index (χ3v) is 2.76. The number of hydrogen-bond acceptors (Lipinski definition) is 3. The topological polar surface area (TPSA) is 86.9 Å². The first-order chi connectivity index (χ1) is 9.15. The highest BCUT2D eigenvalue weighted by molar-refractivity contribution is 9.10. The van der Waals surface area contributed by atoms with E-state index in [9.17, 15) is 9.59 Å². The second-order valence-corrected chi connectivity index (χ2v) is 4.63. The number of benzene rings is 1. The van der Waals surface area contributed by atoms with Crippen molar-refractivity contribution >= 4 is 33.6 Å². The number of aromatic amines is 1. The fourth-order valence-electron chi connectivity index (χ4n) is 1.41. The van der Waals surface area contributed by atoms with Gasteiger partial charge in [-0.2, -0.15) is 5.10 Å². The third kappa shape index (κ3) is 3.92. The maximum Gasteiger partial charge on any atom is 0.251 e. The van der Waals surface area contributed by atoms with E-state index in [1.807, 2.05) is 6.07 Å². The summed E-state index contributed by atoms with van der Waals surface area (Å²) in [5.74, 6) is -0.143. The molecule has 0 saturated heterocycles. The van der Waals surface area contributed by atoms with Gasteiger partial charge in [0, 0.05) is 16.1 Å². The van der Waals surface area contributed by atoms with E-state index < -0.39 is 0 Å². The first-order valence-electron chi connectivity index (χ1n) is 5.48. The molecular weight excluding hydrogens is 312 g/mol. The zero-order valence-corrected chi connectivity index (χ0v) is 11.4. The average Bonchev–Trinajstić information content (AvgIpc) is 2.88. The summed E-state index contributed by atoms with van der Waals surface area (Å²) >= 11 is 3.28. The fraction of sp³-hybridized carbons (Fsp3) is 0.0833. The van der Waals surface area contributed by atoms with Crippen molar-refractivity contribution in [2.75, 3.05) is 11.9 Å². The molecule has 98 valence electrons. The van der Waals surface area contributed by atoms with Crippen LogP contribution in [0.15, 0.2) is 41.0 Å². The van der Waals surface area contributed by atoms with Crippen LogP contribution in [-0.4, -0.2) is 28.6 Å². The predicted octanol–water partition coefficient (Wildman–Crippen LogP) is 1.54. The van der Waals surface area contributed by atoms with Crippen LogP contribution in [0.5, 0.6) is 0 Å². The van der Waals surface area contributed by atoms with Gasteiger partial charge in [-0.1, -0.05) is 22.0 Å². The molecule has 0 aliphatic rings. The Bertz CT molecular complexity index is 583. The number of rotatable bonds is 4. The summed E-state index contributed by atoms with van der Waals surface area (Å²) in [4.78, 5) is 23.3. The van der Waals surface area contributed by atoms with Gasteiger partial charge in [-0.15, -0.1) is 0 Å². The van der Waals surface area contributed by atoms with Gasteiger partial charge >= 0.3 is 0 Å². The molecule has 0 fully saturated rings. The molecule has 2 amide bonds. The average molecular weight is 323 g/mol. The lowest BCUT2D eigenvalue weighted by Gasteiger charge is -2.05. The lowest BCUT2D eigenvalue weighted by molar-refractivity contribution is -0.115. The minimum atomic E-state index is -0.326. The molecule has 6 nitrogen and oxygen atoms in total. The number of carbonyl (C=O) groups is 2. The Labute approximate surface area is 117 Å². The van der Waals surface area contributed by atoms with E-state index in [0.29, 0.717) is 11.4 Å². The molecule has 1 aromatic carbocycles. The van der Waals surface area contributed by atoms with E-state index in [-0.39, 0.29) is 18.4 Å². The highest BCUT2D eigenvalue weighted by Crippen LogP contribution is 2.11. The van der Waals surface area contributed by atoms with Crippen LogP contribution in [0.2, 0.25) is 0 Å². The van der Waals surface area contributed by atoms with Crippen LogP contribution in [-0.2, 0) is 4.79 Å². The Morgan fingerprint density at radius 2 is 2.16 bits per heavy atom. The van der Waals surface area contributed by atoms with Crippen molar-refractivity contribution in [3.63, 3.8) is 0 Å². The van der Waals surface area contributed by atoms with Gasteiger partial charge in [0.2, 0.25) is 5.91 Å². The Balaban J connectivity index is 1.85. The van der Waals surface area contributed by atoms with Crippen LogP contribution in [0, 0.1) is 0 Å². The predicted molar refractivity (Wildman–Crippen MR) is 73.7 cm³/mol. The van der Waals surface area contributed by atoms with Crippen LogP contribution in [0.1, 0.15) is 10.4 Å². The molecule has 1 aromatic heterocycles. The molecule has 0 spiro atoms. The van der Waals surface area contributed by atoms with E-state index in [1.54, 1.807) is 24.3 Å². The van der Waals surface area contributed by atoms with Crippen LogP contribution >= 0.6 is 15.9 Å². The van der Waals surface area contributed by atoms with E-state index in [2.05, 4.69) is 36.8 Å². The zero-order chi connectivity index (χ0) is 13.7. The maximum atomic E-state index is 11.8. The first-order valence-corrected chi connectivity index (χ1v) is 6.27. The Kier molecular flexibility index (Phi) is 4.30. The normalized spacial score (nSPS) is 9.95. The number of halogens is 1. The van der Waals surface area contributed by atoms with Gasteiger partial charge in [-0.25, -0.2) is 0 Å². The summed E-state index contributed by atoms with van der Waals surface area (Å²) in [6, 6.07) is 8.55. The van der Waals surface area contributed by atoms with E-state index in [1.165, 1.54) is 6.20 Å². The molecule has 7 heteroatoms. The molecule has 3 N–H and O–H groups in total. The maximum absolute atomic E-state index is 11.8. The van der Waals surface area contributed by atoms with Crippen LogP contribution in [0.25, 0.3) is 0 Å². The third-order valence-electron chi connectivity index (χ3n) is 2.27. The summed E-state index contributed by atoms with van der Waals surface area (Å²) in [6.45, 7) is -0.107. The summed E-state index contributed by atoms with van der Waals surface area (Å²) in [5.41, 5.74) is 0.490. The zero-order valence-electron chi connectivity index (χ0n) is 9.81. The van der Waals surface area contributed by atoms with Gasteiger partial charge in [-0.3, -0.25) is 14.7 Å². The van der Waals surface area contributed by atoms with Crippen molar-refractivity contribution < 1.29 is 9.59 Å². The lowest BCUT2D eigenvalue weighted by Crippen LogP contribution is -2.32. The molecule has 2 aromatic rings. The molecule has 0 radical (unpaired) electrons. The first kappa shape index (κ1) is 13.3. The number of nitrogens with zero attached hydrogens (tertiary/aromatic N) is 1. The molecule has 0 aliphatic carbocycles.